The lowest BCUT2D eigenvalue weighted by Crippen LogP contribution is -2.16. The summed E-state index contributed by atoms with van der Waals surface area (Å²) in [6.07, 6.45) is 0.975. The normalized spacial score (nSPS) is 12.8. The highest BCUT2D eigenvalue weighted by molar-refractivity contribution is 5.31. The fourth-order valence-corrected chi connectivity index (χ4v) is 1.11. The lowest BCUT2D eigenvalue weighted by atomic mass is 10.1. The van der Waals surface area contributed by atoms with Gasteiger partial charge in [0.2, 0.25) is 0 Å². The van der Waals surface area contributed by atoms with E-state index in [-0.39, 0.29) is 6.61 Å². The summed E-state index contributed by atoms with van der Waals surface area (Å²) in [5.41, 5.74) is 0. The minimum atomic E-state index is 0.225. The van der Waals surface area contributed by atoms with Crippen LogP contribution in [0, 0.1) is 12.8 Å². The molecule has 1 heterocycles. The molecule has 0 spiro atoms. The first kappa shape index (κ1) is 10.1. The summed E-state index contributed by atoms with van der Waals surface area (Å²) >= 11 is 0. The van der Waals surface area contributed by atoms with Crippen LogP contribution < -0.4 is 5.32 Å². The maximum Gasteiger partial charge on any atom is 0.193 e. The Balaban J connectivity index is 2.33. The topological polar surface area (TPSA) is 45.4 Å². The fraction of sp³-hybridized carbons (Fsp3) is 0.600. The van der Waals surface area contributed by atoms with E-state index < -0.39 is 0 Å². The van der Waals surface area contributed by atoms with Crippen molar-refractivity contribution in [3.05, 3.63) is 17.9 Å². The molecule has 0 aromatic carbocycles. The van der Waals surface area contributed by atoms with Gasteiger partial charge >= 0.3 is 0 Å². The van der Waals surface area contributed by atoms with Crippen molar-refractivity contribution in [1.29, 1.82) is 0 Å². The summed E-state index contributed by atoms with van der Waals surface area (Å²) in [6, 6.07) is 3.82. The molecular formula is C10H17NO2. The maximum absolute atomic E-state index is 8.94. The second-order valence-electron chi connectivity index (χ2n) is 3.25. The molecule has 2 N–H and O–H groups in total. The Bertz CT molecular complexity index is 241. The molecule has 0 saturated carbocycles. The van der Waals surface area contributed by atoms with Gasteiger partial charge < -0.3 is 14.8 Å². The number of aliphatic hydroxyl groups is 1. The number of anilines is 1. The van der Waals surface area contributed by atoms with Crippen LogP contribution >= 0.6 is 0 Å². The molecule has 0 fully saturated rings. The monoisotopic (exact) mass is 183 g/mol. The van der Waals surface area contributed by atoms with Crippen LogP contribution in [0.2, 0.25) is 0 Å². The third-order valence-electron chi connectivity index (χ3n) is 2.14. The van der Waals surface area contributed by atoms with Gasteiger partial charge in [0.15, 0.2) is 5.88 Å². The summed E-state index contributed by atoms with van der Waals surface area (Å²) in [4.78, 5) is 0. The zero-order chi connectivity index (χ0) is 9.68. The van der Waals surface area contributed by atoms with Crippen molar-refractivity contribution in [3.63, 3.8) is 0 Å². The van der Waals surface area contributed by atoms with Crippen molar-refractivity contribution >= 4 is 5.88 Å². The molecule has 0 bridgehead atoms. The van der Waals surface area contributed by atoms with E-state index in [0.29, 0.717) is 5.92 Å². The van der Waals surface area contributed by atoms with Gasteiger partial charge in [0, 0.05) is 19.2 Å². The number of furan rings is 1. The molecule has 74 valence electrons. The van der Waals surface area contributed by atoms with Crippen molar-refractivity contribution in [2.75, 3.05) is 18.5 Å². The molecule has 1 unspecified atom stereocenters. The molecule has 3 heteroatoms. The molecule has 13 heavy (non-hydrogen) atoms. The Morgan fingerprint density at radius 2 is 2.31 bits per heavy atom. The van der Waals surface area contributed by atoms with Crippen LogP contribution in [0.1, 0.15) is 19.1 Å². The Labute approximate surface area is 78.8 Å². The number of hydrogen-bond donors (Lipinski definition) is 2. The SMILES string of the molecule is CCC(CO)CNc1ccc(C)o1. The molecule has 0 amide bonds. The standard InChI is InChI=1S/C10H17NO2/c1-3-9(7-12)6-11-10-5-4-8(2)13-10/h4-5,9,11-12H,3,6-7H2,1-2H3. The van der Waals surface area contributed by atoms with Crippen LogP contribution in [0.4, 0.5) is 5.88 Å². The van der Waals surface area contributed by atoms with Gasteiger partial charge in [-0.15, -0.1) is 0 Å². The van der Waals surface area contributed by atoms with Gasteiger partial charge in [0.1, 0.15) is 5.76 Å². The van der Waals surface area contributed by atoms with Crippen LogP contribution in [0.15, 0.2) is 16.5 Å². The highest BCUT2D eigenvalue weighted by Crippen LogP contribution is 2.12. The van der Waals surface area contributed by atoms with Gasteiger partial charge in [0.05, 0.1) is 0 Å². The van der Waals surface area contributed by atoms with Gasteiger partial charge in [-0.1, -0.05) is 6.92 Å². The van der Waals surface area contributed by atoms with Gasteiger partial charge in [-0.05, 0) is 25.3 Å². The van der Waals surface area contributed by atoms with E-state index in [0.717, 1.165) is 24.6 Å². The number of rotatable bonds is 5. The van der Waals surface area contributed by atoms with E-state index in [4.69, 9.17) is 9.52 Å². The Hall–Kier alpha value is -0.960. The predicted molar refractivity (Wildman–Crippen MR) is 52.8 cm³/mol. The van der Waals surface area contributed by atoms with Crippen molar-refractivity contribution in [2.45, 2.75) is 20.3 Å². The van der Waals surface area contributed by atoms with E-state index in [1.165, 1.54) is 0 Å². The molecule has 0 saturated heterocycles. The zero-order valence-electron chi connectivity index (χ0n) is 8.21. The van der Waals surface area contributed by atoms with E-state index in [1.807, 2.05) is 19.1 Å². The summed E-state index contributed by atoms with van der Waals surface area (Å²) < 4.78 is 5.33. The first-order valence-corrected chi connectivity index (χ1v) is 4.67. The Morgan fingerprint density at radius 1 is 1.54 bits per heavy atom. The zero-order valence-corrected chi connectivity index (χ0v) is 8.21. The lowest BCUT2D eigenvalue weighted by molar-refractivity contribution is 0.229. The lowest BCUT2D eigenvalue weighted by Gasteiger charge is -2.11. The minimum absolute atomic E-state index is 0.225. The van der Waals surface area contributed by atoms with E-state index >= 15 is 0 Å². The Morgan fingerprint density at radius 3 is 2.77 bits per heavy atom. The summed E-state index contributed by atoms with van der Waals surface area (Å²) in [6.45, 7) is 4.97. The molecule has 0 aliphatic rings. The third-order valence-corrected chi connectivity index (χ3v) is 2.14. The number of nitrogens with one attached hydrogen (secondary N) is 1. The third kappa shape index (κ3) is 3.11. The molecule has 3 nitrogen and oxygen atoms in total. The molecule has 1 rings (SSSR count). The van der Waals surface area contributed by atoms with E-state index in [9.17, 15) is 0 Å². The first-order valence-electron chi connectivity index (χ1n) is 4.67. The number of aryl methyl sites for hydroxylation is 1. The quantitative estimate of drug-likeness (QED) is 0.734. The minimum Gasteiger partial charge on any atom is -0.446 e. The van der Waals surface area contributed by atoms with Crippen molar-refractivity contribution in [1.82, 2.24) is 0 Å². The second-order valence-corrected chi connectivity index (χ2v) is 3.25. The molecule has 1 atom stereocenters. The van der Waals surface area contributed by atoms with Gasteiger partial charge in [-0.3, -0.25) is 0 Å². The average molecular weight is 183 g/mol. The molecule has 0 radical (unpaired) electrons. The number of hydrogen-bond acceptors (Lipinski definition) is 3. The average Bonchev–Trinajstić information content (AvgIpc) is 2.53. The smallest absolute Gasteiger partial charge is 0.193 e. The highest BCUT2D eigenvalue weighted by atomic mass is 16.4. The molecule has 1 aromatic heterocycles. The van der Waals surface area contributed by atoms with Crippen LogP contribution in [-0.4, -0.2) is 18.3 Å². The fourth-order valence-electron chi connectivity index (χ4n) is 1.11. The van der Waals surface area contributed by atoms with Gasteiger partial charge in [-0.25, -0.2) is 0 Å². The Kier molecular flexibility index (Phi) is 3.83. The van der Waals surface area contributed by atoms with Gasteiger partial charge in [0.25, 0.3) is 0 Å². The maximum atomic E-state index is 8.94. The highest BCUT2D eigenvalue weighted by Gasteiger charge is 2.04. The first-order chi connectivity index (χ1) is 6.26. The van der Waals surface area contributed by atoms with Crippen LogP contribution in [-0.2, 0) is 0 Å². The van der Waals surface area contributed by atoms with Crippen molar-refractivity contribution in [2.24, 2.45) is 5.92 Å². The number of aliphatic hydroxyl groups excluding tert-OH is 1. The van der Waals surface area contributed by atoms with Crippen molar-refractivity contribution < 1.29 is 9.52 Å². The molecule has 0 aliphatic heterocycles. The van der Waals surface area contributed by atoms with Crippen LogP contribution in [0.3, 0.4) is 0 Å². The predicted octanol–water partition coefficient (Wildman–Crippen LogP) is 2.02. The summed E-state index contributed by atoms with van der Waals surface area (Å²) in [7, 11) is 0. The van der Waals surface area contributed by atoms with E-state index in [1.54, 1.807) is 0 Å². The molecule has 0 aliphatic carbocycles. The summed E-state index contributed by atoms with van der Waals surface area (Å²) in [5, 5.41) is 12.1. The van der Waals surface area contributed by atoms with Crippen molar-refractivity contribution in [3.8, 4) is 0 Å². The van der Waals surface area contributed by atoms with Crippen LogP contribution in [0.25, 0.3) is 0 Å². The van der Waals surface area contributed by atoms with Crippen LogP contribution in [0.5, 0.6) is 0 Å². The molecule has 1 aromatic rings. The van der Waals surface area contributed by atoms with E-state index in [2.05, 4.69) is 12.2 Å². The second kappa shape index (κ2) is 4.92. The van der Waals surface area contributed by atoms with Gasteiger partial charge in [-0.2, -0.15) is 0 Å². The molecular weight excluding hydrogens is 166 g/mol. The summed E-state index contributed by atoms with van der Waals surface area (Å²) in [5.74, 6) is 1.99. The largest absolute Gasteiger partial charge is 0.446 e.